The predicted octanol–water partition coefficient (Wildman–Crippen LogP) is 3.07. The van der Waals surface area contributed by atoms with Gasteiger partial charge in [-0.15, -0.1) is 24.0 Å². The Bertz CT molecular complexity index is 427. The maximum atomic E-state index is 12.3. The van der Waals surface area contributed by atoms with Crippen LogP contribution in [0, 0.1) is 0 Å². The quantitative estimate of drug-likeness (QED) is 0.396. The summed E-state index contributed by atoms with van der Waals surface area (Å²) in [6.45, 7) is 12.1. The number of carbonyl (C=O) groups excluding carboxylic acids is 1. The summed E-state index contributed by atoms with van der Waals surface area (Å²) in [5.74, 6) is 0.977. The van der Waals surface area contributed by atoms with Gasteiger partial charge in [0.2, 0.25) is 0 Å². The minimum Gasteiger partial charge on any atom is -0.444 e. The minimum atomic E-state index is -0.446. The first-order chi connectivity index (χ1) is 10.9. The maximum absolute atomic E-state index is 12.3. The number of hydrogen-bond acceptors (Lipinski definition) is 3. The number of ether oxygens (including phenoxy) is 1. The zero-order valence-electron chi connectivity index (χ0n) is 15.5. The van der Waals surface area contributed by atoms with Gasteiger partial charge in [0.1, 0.15) is 5.60 Å². The predicted molar refractivity (Wildman–Crippen MR) is 108 cm³/mol. The highest BCUT2D eigenvalue weighted by molar-refractivity contribution is 14.0. The van der Waals surface area contributed by atoms with Crippen molar-refractivity contribution in [1.82, 2.24) is 15.1 Å². The number of likely N-dealkylation sites (tertiary alicyclic amines) is 1. The lowest BCUT2D eigenvalue weighted by molar-refractivity contribution is 0.0240. The molecule has 2 fully saturated rings. The zero-order valence-corrected chi connectivity index (χ0v) is 17.8. The van der Waals surface area contributed by atoms with Crippen LogP contribution in [-0.4, -0.2) is 66.2 Å². The van der Waals surface area contributed by atoms with Crippen LogP contribution in [-0.2, 0) is 4.74 Å². The lowest BCUT2D eigenvalue weighted by Gasteiger charge is -2.27. The van der Waals surface area contributed by atoms with Gasteiger partial charge < -0.3 is 19.9 Å². The number of halogens is 1. The second kappa shape index (κ2) is 9.68. The molecule has 6 nitrogen and oxygen atoms in total. The van der Waals surface area contributed by atoms with Crippen molar-refractivity contribution >= 4 is 36.0 Å². The lowest BCUT2D eigenvalue weighted by atomic mass is 10.2. The van der Waals surface area contributed by atoms with E-state index >= 15 is 0 Å². The molecule has 0 unspecified atom stereocenters. The molecular formula is C17H33IN4O2. The monoisotopic (exact) mass is 452 g/mol. The van der Waals surface area contributed by atoms with E-state index < -0.39 is 5.60 Å². The van der Waals surface area contributed by atoms with Crippen molar-refractivity contribution in [3.05, 3.63) is 0 Å². The molecule has 1 saturated heterocycles. The van der Waals surface area contributed by atoms with Crippen molar-refractivity contribution < 1.29 is 9.53 Å². The molecule has 0 aromatic rings. The van der Waals surface area contributed by atoms with Crippen LogP contribution < -0.4 is 5.32 Å². The number of aliphatic imine (C=N–C) groups is 1. The highest BCUT2D eigenvalue weighted by Crippen LogP contribution is 2.28. The van der Waals surface area contributed by atoms with Crippen molar-refractivity contribution in [2.75, 3.05) is 32.7 Å². The average molecular weight is 452 g/mol. The smallest absolute Gasteiger partial charge is 0.410 e. The van der Waals surface area contributed by atoms with Gasteiger partial charge in [-0.2, -0.15) is 0 Å². The summed E-state index contributed by atoms with van der Waals surface area (Å²) in [6.07, 6.45) is 4.42. The van der Waals surface area contributed by atoms with E-state index in [4.69, 9.17) is 9.73 Å². The first kappa shape index (κ1) is 21.3. The number of nitrogens with one attached hydrogen (secondary N) is 1. The summed E-state index contributed by atoms with van der Waals surface area (Å²) in [5, 5.41) is 3.35. The molecule has 24 heavy (non-hydrogen) atoms. The highest BCUT2D eigenvalue weighted by Gasteiger charge is 2.34. The van der Waals surface area contributed by atoms with Crippen molar-refractivity contribution in [3.63, 3.8) is 0 Å². The van der Waals surface area contributed by atoms with Crippen molar-refractivity contribution in [2.45, 2.75) is 65.0 Å². The Morgan fingerprint density at radius 3 is 2.42 bits per heavy atom. The van der Waals surface area contributed by atoms with Crippen molar-refractivity contribution in [1.29, 1.82) is 0 Å². The third-order valence-electron chi connectivity index (χ3n) is 3.96. The first-order valence-corrected chi connectivity index (χ1v) is 8.93. The fourth-order valence-corrected chi connectivity index (χ4v) is 2.75. The van der Waals surface area contributed by atoms with Crippen molar-refractivity contribution in [3.8, 4) is 0 Å². The number of amides is 1. The normalized spacial score (nSPS) is 18.2. The first-order valence-electron chi connectivity index (χ1n) is 8.93. The molecule has 0 aromatic carbocycles. The number of carbonyl (C=O) groups is 1. The summed E-state index contributed by atoms with van der Waals surface area (Å²) in [6, 6.07) is 0.342. The van der Waals surface area contributed by atoms with Gasteiger partial charge in [-0.3, -0.25) is 4.99 Å². The molecule has 0 bridgehead atoms. The van der Waals surface area contributed by atoms with Crippen LogP contribution >= 0.6 is 24.0 Å². The van der Waals surface area contributed by atoms with Crippen LogP contribution in [0.5, 0.6) is 0 Å². The van der Waals surface area contributed by atoms with Gasteiger partial charge in [0.05, 0.1) is 6.54 Å². The molecule has 0 aromatic heterocycles. The second-order valence-corrected chi connectivity index (χ2v) is 7.33. The average Bonchev–Trinajstić information content (AvgIpc) is 3.13. The van der Waals surface area contributed by atoms with Gasteiger partial charge in [-0.05, 0) is 53.4 Å². The molecule has 1 heterocycles. The van der Waals surface area contributed by atoms with Gasteiger partial charge in [0, 0.05) is 32.2 Å². The number of guanidine groups is 1. The second-order valence-electron chi connectivity index (χ2n) is 7.33. The summed E-state index contributed by atoms with van der Waals surface area (Å²) in [7, 11) is 0. The molecule has 1 aliphatic carbocycles. The van der Waals surface area contributed by atoms with E-state index in [2.05, 4.69) is 17.1 Å². The van der Waals surface area contributed by atoms with Crippen LogP contribution in [0.25, 0.3) is 0 Å². The molecule has 0 spiro atoms. The van der Waals surface area contributed by atoms with E-state index in [0.717, 1.165) is 38.4 Å². The zero-order chi connectivity index (χ0) is 16.9. The van der Waals surface area contributed by atoms with Crippen LogP contribution in [0.4, 0.5) is 4.79 Å². The SMILES string of the molecule is CCNC(=NCCN(C(=O)OC(C)(C)C)C1CC1)N1CCCC1.I. The Morgan fingerprint density at radius 2 is 1.92 bits per heavy atom. The topological polar surface area (TPSA) is 57.2 Å². The van der Waals surface area contributed by atoms with Gasteiger partial charge in [0.15, 0.2) is 5.96 Å². The molecule has 1 saturated carbocycles. The Kier molecular flexibility index (Phi) is 8.59. The molecule has 2 aliphatic rings. The van der Waals surface area contributed by atoms with Gasteiger partial charge >= 0.3 is 6.09 Å². The van der Waals surface area contributed by atoms with E-state index in [1.165, 1.54) is 12.8 Å². The molecule has 0 atom stereocenters. The Balaban J connectivity index is 0.00000288. The third-order valence-corrected chi connectivity index (χ3v) is 3.96. The standard InChI is InChI=1S/C17H32N4O2.HI/c1-5-18-15(20-11-6-7-12-20)19-10-13-21(14-8-9-14)16(22)23-17(2,3)4;/h14H,5-13H2,1-4H3,(H,18,19);1H. The fourth-order valence-electron chi connectivity index (χ4n) is 2.75. The molecule has 7 heteroatoms. The fraction of sp³-hybridized carbons (Fsp3) is 0.882. The molecule has 140 valence electrons. The van der Waals surface area contributed by atoms with E-state index in [-0.39, 0.29) is 30.1 Å². The van der Waals surface area contributed by atoms with Crippen LogP contribution in [0.2, 0.25) is 0 Å². The summed E-state index contributed by atoms with van der Waals surface area (Å²) >= 11 is 0. The minimum absolute atomic E-state index is 0. The number of hydrogen-bond donors (Lipinski definition) is 1. The number of nitrogens with zero attached hydrogens (tertiary/aromatic N) is 3. The van der Waals surface area contributed by atoms with Crippen LogP contribution in [0.3, 0.4) is 0 Å². The summed E-state index contributed by atoms with van der Waals surface area (Å²) in [4.78, 5) is 21.2. The van der Waals surface area contributed by atoms with E-state index in [1.807, 2.05) is 25.7 Å². The third kappa shape index (κ3) is 7.03. The molecule has 0 radical (unpaired) electrons. The molecular weight excluding hydrogens is 419 g/mol. The molecule has 1 aliphatic heterocycles. The molecule has 1 N–H and O–H groups in total. The highest BCUT2D eigenvalue weighted by atomic mass is 127. The number of rotatable bonds is 5. The van der Waals surface area contributed by atoms with E-state index in [0.29, 0.717) is 19.1 Å². The van der Waals surface area contributed by atoms with Gasteiger partial charge in [0.25, 0.3) is 0 Å². The largest absolute Gasteiger partial charge is 0.444 e. The van der Waals surface area contributed by atoms with Crippen LogP contribution in [0.1, 0.15) is 53.4 Å². The van der Waals surface area contributed by atoms with Crippen LogP contribution in [0.15, 0.2) is 4.99 Å². The molecule has 2 rings (SSSR count). The van der Waals surface area contributed by atoms with E-state index in [9.17, 15) is 4.79 Å². The maximum Gasteiger partial charge on any atom is 0.410 e. The van der Waals surface area contributed by atoms with Crippen molar-refractivity contribution in [2.24, 2.45) is 4.99 Å². The summed E-state index contributed by atoms with van der Waals surface area (Å²) < 4.78 is 5.52. The van der Waals surface area contributed by atoms with Gasteiger partial charge in [-0.1, -0.05) is 0 Å². The van der Waals surface area contributed by atoms with E-state index in [1.54, 1.807) is 0 Å². The van der Waals surface area contributed by atoms with Gasteiger partial charge in [-0.25, -0.2) is 4.79 Å². The summed E-state index contributed by atoms with van der Waals surface area (Å²) in [5.41, 5.74) is -0.446. The molecule has 1 amide bonds. The lowest BCUT2D eigenvalue weighted by Crippen LogP contribution is -2.42. The Morgan fingerprint density at radius 1 is 1.29 bits per heavy atom. The Hall–Kier alpha value is -0.730. The Labute approximate surface area is 163 Å².